The van der Waals surface area contributed by atoms with Gasteiger partial charge in [-0.15, -0.1) is 23.7 Å². The number of pyridine rings is 2. The van der Waals surface area contributed by atoms with Crippen molar-refractivity contribution in [1.82, 2.24) is 15.0 Å². The lowest BCUT2D eigenvalue weighted by Gasteiger charge is -2.35. The maximum absolute atomic E-state index is 12.5. The van der Waals surface area contributed by atoms with Crippen LogP contribution in [-0.2, 0) is 4.74 Å². The fraction of sp³-hybridized carbons (Fsp3) is 0.391. The maximum atomic E-state index is 12.5. The molecule has 5 rings (SSSR count). The van der Waals surface area contributed by atoms with Crippen molar-refractivity contribution in [3.8, 4) is 11.4 Å². The van der Waals surface area contributed by atoms with Gasteiger partial charge in [-0.2, -0.15) is 0 Å². The monoisotopic (exact) mass is 471 g/mol. The van der Waals surface area contributed by atoms with Crippen LogP contribution < -0.4 is 10.2 Å². The van der Waals surface area contributed by atoms with Crippen molar-refractivity contribution in [1.29, 1.82) is 0 Å². The van der Waals surface area contributed by atoms with Gasteiger partial charge in [-0.3, -0.25) is 9.88 Å². The van der Waals surface area contributed by atoms with Gasteiger partial charge >= 0.3 is 6.09 Å². The van der Waals surface area contributed by atoms with E-state index in [9.17, 15) is 4.79 Å². The first-order valence-electron chi connectivity index (χ1n) is 10.7. The van der Waals surface area contributed by atoms with Gasteiger partial charge in [0, 0.05) is 23.8 Å². The summed E-state index contributed by atoms with van der Waals surface area (Å²) in [5.74, 6) is 1.22. The molecule has 7 nitrogen and oxygen atoms in total. The predicted octanol–water partition coefficient (Wildman–Crippen LogP) is 5.33. The van der Waals surface area contributed by atoms with E-state index in [-0.39, 0.29) is 24.1 Å². The minimum atomic E-state index is -0.383. The van der Waals surface area contributed by atoms with E-state index in [1.54, 1.807) is 22.4 Å². The van der Waals surface area contributed by atoms with Gasteiger partial charge in [0.25, 0.3) is 0 Å². The second-order valence-electron chi connectivity index (χ2n) is 8.35. The SMILES string of the molecule is Cc1cccc(N2CC3(CCC(CNc4nc(-c5ccccn5)cs4)CC3)OC2=O)n1.Cl. The third-order valence-electron chi connectivity index (χ3n) is 6.11. The fourth-order valence-corrected chi connectivity index (χ4v) is 5.08. The lowest BCUT2D eigenvalue weighted by molar-refractivity contribution is 0.0148. The number of amides is 1. The Labute approximate surface area is 197 Å². The molecular weight excluding hydrogens is 446 g/mol. The number of thiazole rings is 1. The van der Waals surface area contributed by atoms with Gasteiger partial charge in [-0.25, -0.2) is 14.8 Å². The van der Waals surface area contributed by atoms with E-state index in [0.29, 0.717) is 18.3 Å². The van der Waals surface area contributed by atoms with E-state index in [4.69, 9.17) is 4.74 Å². The Bertz CT molecular complexity index is 1070. The van der Waals surface area contributed by atoms with Crippen LogP contribution >= 0.6 is 23.7 Å². The minimum Gasteiger partial charge on any atom is -0.441 e. The molecule has 1 aliphatic carbocycles. The molecule has 1 amide bonds. The smallest absolute Gasteiger partial charge is 0.416 e. The highest BCUT2D eigenvalue weighted by molar-refractivity contribution is 7.14. The average molecular weight is 472 g/mol. The van der Waals surface area contributed by atoms with Crippen molar-refractivity contribution < 1.29 is 9.53 Å². The summed E-state index contributed by atoms with van der Waals surface area (Å²) in [4.78, 5) is 27.7. The lowest BCUT2D eigenvalue weighted by atomic mass is 9.78. The van der Waals surface area contributed by atoms with Crippen molar-refractivity contribution in [2.75, 3.05) is 23.3 Å². The van der Waals surface area contributed by atoms with Crippen LogP contribution in [0, 0.1) is 12.8 Å². The third-order valence-corrected chi connectivity index (χ3v) is 6.91. The van der Waals surface area contributed by atoms with Crippen LogP contribution in [-0.4, -0.2) is 39.7 Å². The fourth-order valence-electron chi connectivity index (χ4n) is 4.37. The molecule has 0 atom stereocenters. The zero-order chi connectivity index (χ0) is 21.3. The van der Waals surface area contributed by atoms with Crippen molar-refractivity contribution in [2.45, 2.75) is 38.2 Å². The molecule has 168 valence electrons. The Kier molecular flexibility index (Phi) is 6.62. The lowest BCUT2D eigenvalue weighted by Crippen LogP contribution is -2.39. The van der Waals surface area contributed by atoms with Gasteiger partial charge in [-0.1, -0.05) is 12.1 Å². The molecule has 1 saturated carbocycles. The van der Waals surface area contributed by atoms with Crippen LogP contribution in [0.1, 0.15) is 31.4 Å². The summed E-state index contributed by atoms with van der Waals surface area (Å²) >= 11 is 1.61. The molecule has 32 heavy (non-hydrogen) atoms. The Morgan fingerprint density at radius 1 is 1.16 bits per heavy atom. The molecular formula is C23H26ClN5O2S. The summed E-state index contributed by atoms with van der Waals surface area (Å²) in [7, 11) is 0. The maximum Gasteiger partial charge on any atom is 0.416 e. The van der Waals surface area contributed by atoms with E-state index in [1.807, 2.05) is 48.7 Å². The number of nitrogens with zero attached hydrogens (tertiary/aromatic N) is 4. The predicted molar refractivity (Wildman–Crippen MR) is 129 cm³/mol. The van der Waals surface area contributed by atoms with Gasteiger partial charge in [0.1, 0.15) is 17.1 Å². The van der Waals surface area contributed by atoms with E-state index >= 15 is 0 Å². The number of nitrogens with one attached hydrogen (secondary N) is 1. The van der Waals surface area contributed by atoms with Gasteiger partial charge in [0.05, 0.1) is 12.2 Å². The van der Waals surface area contributed by atoms with Crippen LogP contribution in [0.15, 0.2) is 48.0 Å². The van der Waals surface area contributed by atoms with Gasteiger partial charge in [-0.05, 0) is 62.8 Å². The summed E-state index contributed by atoms with van der Waals surface area (Å²) in [5.41, 5.74) is 2.31. The summed E-state index contributed by atoms with van der Waals surface area (Å²) < 4.78 is 5.87. The number of halogens is 1. The largest absolute Gasteiger partial charge is 0.441 e. The standard InChI is InChI=1S/C23H25N5O2S.ClH/c1-16-5-4-7-20(26-16)28-15-23(30-22(28)29)10-8-17(9-11-23)13-25-21-27-19(14-31-21)18-6-2-3-12-24-18;/h2-7,12,14,17H,8-11,13,15H2,1H3,(H,25,27);1H. The van der Waals surface area contributed by atoms with Crippen molar-refractivity contribution in [3.63, 3.8) is 0 Å². The molecule has 0 aromatic carbocycles. The number of carbonyl (C=O) groups excluding carboxylic acids is 1. The van der Waals surface area contributed by atoms with Crippen molar-refractivity contribution in [3.05, 3.63) is 53.7 Å². The second kappa shape index (κ2) is 9.42. The number of rotatable bonds is 5. The summed E-state index contributed by atoms with van der Waals surface area (Å²) in [6.07, 6.45) is 5.31. The van der Waals surface area contributed by atoms with Gasteiger partial charge < -0.3 is 10.1 Å². The highest BCUT2D eigenvalue weighted by Gasteiger charge is 2.48. The molecule has 1 saturated heterocycles. The quantitative estimate of drug-likeness (QED) is 0.541. The van der Waals surface area contributed by atoms with E-state index in [2.05, 4.69) is 20.3 Å². The number of hydrogen-bond acceptors (Lipinski definition) is 7. The van der Waals surface area contributed by atoms with Gasteiger partial charge in [0.15, 0.2) is 5.13 Å². The number of ether oxygens (including phenoxy) is 1. The molecule has 3 aromatic heterocycles. The number of aryl methyl sites for hydroxylation is 1. The number of anilines is 2. The number of hydrogen-bond donors (Lipinski definition) is 1. The first-order valence-corrected chi connectivity index (χ1v) is 11.5. The molecule has 1 N–H and O–H groups in total. The average Bonchev–Trinajstić information content (AvgIpc) is 3.39. The van der Waals surface area contributed by atoms with E-state index < -0.39 is 0 Å². The normalized spacial score (nSPS) is 22.5. The Balaban J connectivity index is 0.00000245. The van der Waals surface area contributed by atoms with Crippen LogP contribution in [0.5, 0.6) is 0 Å². The second-order valence-corrected chi connectivity index (χ2v) is 9.21. The molecule has 4 heterocycles. The van der Waals surface area contributed by atoms with Crippen LogP contribution in [0.3, 0.4) is 0 Å². The molecule has 3 aromatic rings. The molecule has 1 aliphatic heterocycles. The zero-order valence-electron chi connectivity index (χ0n) is 17.9. The molecule has 0 bridgehead atoms. The molecule has 0 radical (unpaired) electrons. The molecule has 1 spiro atoms. The topological polar surface area (TPSA) is 80.2 Å². The van der Waals surface area contributed by atoms with Crippen LogP contribution in [0.25, 0.3) is 11.4 Å². The molecule has 9 heteroatoms. The molecule has 0 unspecified atom stereocenters. The number of carbonyl (C=O) groups is 1. The Morgan fingerprint density at radius 3 is 2.75 bits per heavy atom. The molecule has 2 fully saturated rings. The van der Waals surface area contributed by atoms with Crippen molar-refractivity contribution >= 4 is 40.8 Å². The Hall–Kier alpha value is -2.71. The van der Waals surface area contributed by atoms with Crippen molar-refractivity contribution in [2.24, 2.45) is 5.92 Å². The first kappa shape index (κ1) is 22.5. The highest BCUT2D eigenvalue weighted by atomic mass is 35.5. The van der Waals surface area contributed by atoms with E-state index in [1.165, 1.54) is 0 Å². The first-order chi connectivity index (χ1) is 15.1. The third kappa shape index (κ3) is 4.71. The number of aromatic nitrogens is 3. The van der Waals surface area contributed by atoms with Crippen LogP contribution in [0.2, 0.25) is 0 Å². The summed E-state index contributed by atoms with van der Waals surface area (Å²) in [6, 6.07) is 11.6. The highest BCUT2D eigenvalue weighted by Crippen LogP contribution is 2.40. The van der Waals surface area contributed by atoms with E-state index in [0.717, 1.165) is 54.4 Å². The zero-order valence-corrected chi connectivity index (χ0v) is 19.5. The summed E-state index contributed by atoms with van der Waals surface area (Å²) in [6.45, 7) is 3.39. The van der Waals surface area contributed by atoms with Crippen LogP contribution in [0.4, 0.5) is 15.7 Å². The van der Waals surface area contributed by atoms with Gasteiger partial charge in [0.2, 0.25) is 0 Å². The summed E-state index contributed by atoms with van der Waals surface area (Å²) in [5, 5.41) is 6.44. The minimum absolute atomic E-state index is 0. The molecule has 2 aliphatic rings. The Morgan fingerprint density at radius 2 is 2.00 bits per heavy atom.